The van der Waals surface area contributed by atoms with Gasteiger partial charge in [0.2, 0.25) is 0 Å². The Bertz CT molecular complexity index is 656. The zero-order chi connectivity index (χ0) is 16.1. The predicted octanol–water partition coefficient (Wildman–Crippen LogP) is 3.64. The molecule has 0 saturated carbocycles. The fraction of sp³-hybridized carbons (Fsp3) is 0.235. The molecule has 0 aliphatic rings. The number of benzene rings is 2. The summed E-state index contributed by atoms with van der Waals surface area (Å²) in [7, 11) is 1.58. The molecule has 1 amide bonds. The second-order valence-corrected chi connectivity index (χ2v) is 4.80. The summed E-state index contributed by atoms with van der Waals surface area (Å²) in [4.78, 5) is 13.9. The van der Waals surface area contributed by atoms with Crippen molar-refractivity contribution in [3.8, 4) is 5.75 Å². The fourth-order valence-electron chi connectivity index (χ4n) is 2.09. The Morgan fingerprint density at radius 2 is 1.77 bits per heavy atom. The molecule has 0 aromatic heterocycles. The number of hydrogen-bond acceptors (Lipinski definition) is 2. The number of amides is 1. The van der Waals surface area contributed by atoms with E-state index in [-0.39, 0.29) is 11.5 Å². The molecule has 0 heterocycles. The molecule has 2 rings (SSSR count). The van der Waals surface area contributed by atoms with Gasteiger partial charge < -0.3 is 9.64 Å². The quantitative estimate of drug-likeness (QED) is 0.844. The minimum Gasteiger partial charge on any atom is -0.497 e. The topological polar surface area (TPSA) is 29.5 Å². The number of halogens is 2. The number of rotatable bonds is 5. The minimum atomic E-state index is -1.02. The van der Waals surface area contributed by atoms with E-state index in [0.717, 1.165) is 23.4 Å². The van der Waals surface area contributed by atoms with Gasteiger partial charge in [-0.3, -0.25) is 4.79 Å². The third-order valence-electron chi connectivity index (χ3n) is 3.37. The molecule has 0 fully saturated rings. The summed E-state index contributed by atoms with van der Waals surface area (Å²) in [5.41, 5.74) is 1.06. The van der Waals surface area contributed by atoms with Gasteiger partial charge in [0, 0.05) is 18.7 Å². The van der Waals surface area contributed by atoms with Crippen LogP contribution in [0.2, 0.25) is 0 Å². The Balaban J connectivity index is 2.15. The summed E-state index contributed by atoms with van der Waals surface area (Å²) in [6.07, 6.45) is 0. The molecule has 5 heteroatoms. The monoisotopic (exact) mass is 305 g/mol. The molecular weight excluding hydrogens is 288 g/mol. The molecular formula is C17H17F2NO2. The first-order valence-corrected chi connectivity index (χ1v) is 6.92. The van der Waals surface area contributed by atoms with Crippen molar-refractivity contribution in [3.63, 3.8) is 0 Å². The first kappa shape index (κ1) is 15.9. The van der Waals surface area contributed by atoms with Gasteiger partial charge in [-0.2, -0.15) is 0 Å². The molecule has 0 unspecified atom stereocenters. The summed E-state index contributed by atoms with van der Waals surface area (Å²) in [6.45, 7) is 2.68. The molecule has 0 spiro atoms. The Labute approximate surface area is 128 Å². The van der Waals surface area contributed by atoms with Gasteiger partial charge in [-0.15, -0.1) is 0 Å². The highest BCUT2D eigenvalue weighted by Gasteiger charge is 2.16. The molecule has 0 N–H and O–H groups in total. The number of nitrogens with zero attached hydrogens (tertiary/aromatic N) is 1. The molecule has 116 valence electrons. The van der Waals surface area contributed by atoms with Crippen LogP contribution < -0.4 is 4.74 Å². The summed E-state index contributed by atoms with van der Waals surface area (Å²) in [5.74, 6) is -1.59. The van der Waals surface area contributed by atoms with Crippen LogP contribution in [0.15, 0.2) is 42.5 Å². The predicted molar refractivity (Wildman–Crippen MR) is 79.8 cm³/mol. The Hall–Kier alpha value is -2.43. The normalized spacial score (nSPS) is 10.4. The van der Waals surface area contributed by atoms with Crippen molar-refractivity contribution < 1.29 is 18.3 Å². The van der Waals surface area contributed by atoms with Gasteiger partial charge in [-0.1, -0.05) is 12.1 Å². The van der Waals surface area contributed by atoms with E-state index in [1.54, 1.807) is 12.0 Å². The van der Waals surface area contributed by atoms with E-state index in [2.05, 4.69) is 0 Å². The van der Waals surface area contributed by atoms with E-state index in [1.165, 1.54) is 6.07 Å². The average molecular weight is 305 g/mol. The Morgan fingerprint density at radius 3 is 2.32 bits per heavy atom. The Kier molecular flexibility index (Phi) is 5.09. The minimum absolute atomic E-state index is 0.134. The smallest absolute Gasteiger partial charge is 0.254 e. The van der Waals surface area contributed by atoms with Gasteiger partial charge in [-0.05, 0) is 42.8 Å². The van der Waals surface area contributed by atoms with Crippen LogP contribution in [0.1, 0.15) is 22.8 Å². The van der Waals surface area contributed by atoms with Crippen molar-refractivity contribution in [2.75, 3.05) is 13.7 Å². The number of hydrogen-bond donors (Lipinski definition) is 0. The summed E-state index contributed by atoms with van der Waals surface area (Å²) < 4.78 is 31.3. The molecule has 2 aromatic carbocycles. The van der Waals surface area contributed by atoms with Crippen LogP contribution in [0.3, 0.4) is 0 Å². The van der Waals surface area contributed by atoms with E-state index < -0.39 is 11.6 Å². The second kappa shape index (κ2) is 7.02. The maximum atomic E-state index is 13.3. The van der Waals surface area contributed by atoms with Crippen LogP contribution in [0.4, 0.5) is 8.78 Å². The first-order valence-electron chi connectivity index (χ1n) is 6.92. The molecule has 0 bridgehead atoms. The van der Waals surface area contributed by atoms with Gasteiger partial charge in [0.15, 0.2) is 11.6 Å². The van der Waals surface area contributed by atoms with Gasteiger partial charge in [0.1, 0.15) is 5.75 Å². The molecule has 22 heavy (non-hydrogen) atoms. The van der Waals surface area contributed by atoms with Crippen molar-refractivity contribution in [3.05, 3.63) is 65.2 Å². The standard InChI is InChI=1S/C17H17F2NO2/c1-3-20(11-12-4-7-14(22-2)8-5-12)17(21)13-6-9-15(18)16(19)10-13/h4-10H,3,11H2,1-2H3. The lowest BCUT2D eigenvalue weighted by molar-refractivity contribution is 0.0752. The highest BCUT2D eigenvalue weighted by atomic mass is 19.2. The van der Waals surface area contributed by atoms with E-state index in [1.807, 2.05) is 31.2 Å². The molecule has 0 saturated heterocycles. The zero-order valence-electron chi connectivity index (χ0n) is 12.5. The molecule has 0 radical (unpaired) electrons. The number of carbonyl (C=O) groups is 1. The van der Waals surface area contributed by atoms with E-state index in [9.17, 15) is 13.6 Å². The lowest BCUT2D eigenvalue weighted by Crippen LogP contribution is -2.30. The maximum absolute atomic E-state index is 13.3. The highest BCUT2D eigenvalue weighted by Crippen LogP contribution is 2.16. The van der Waals surface area contributed by atoms with Crippen LogP contribution in [-0.4, -0.2) is 24.5 Å². The van der Waals surface area contributed by atoms with Crippen molar-refractivity contribution in [1.29, 1.82) is 0 Å². The number of carbonyl (C=O) groups excluding carboxylic acids is 1. The van der Waals surface area contributed by atoms with Crippen LogP contribution >= 0.6 is 0 Å². The number of methoxy groups -OCH3 is 1. The van der Waals surface area contributed by atoms with Crippen LogP contribution in [0.25, 0.3) is 0 Å². The van der Waals surface area contributed by atoms with Crippen molar-refractivity contribution >= 4 is 5.91 Å². The molecule has 3 nitrogen and oxygen atoms in total. The fourth-order valence-corrected chi connectivity index (χ4v) is 2.09. The van der Waals surface area contributed by atoms with Gasteiger partial charge in [-0.25, -0.2) is 8.78 Å². The Morgan fingerprint density at radius 1 is 1.09 bits per heavy atom. The van der Waals surface area contributed by atoms with Crippen molar-refractivity contribution in [2.45, 2.75) is 13.5 Å². The SMILES string of the molecule is CCN(Cc1ccc(OC)cc1)C(=O)c1ccc(F)c(F)c1. The van der Waals surface area contributed by atoms with E-state index in [4.69, 9.17) is 4.74 Å². The third-order valence-corrected chi connectivity index (χ3v) is 3.37. The lowest BCUT2D eigenvalue weighted by atomic mass is 10.1. The second-order valence-electron chi connectivity index (χ2n) is 4.80. The van der Waals surface area contributed by atoms with E-state index in [0.29, 0.717) is 13.1 Å². The maximum Gasteiger partial charge on any atom is 0.254 e. The largest absolute Gasteiger partial charge is 0.497 e. The lowest BCUT2D eigenvalue weighted by Gasteiger charge is -2.21. The molecule has 0 aliphatic heterocycles. The van der Waals surface area contributed by atoms with Gasteiger partial charge >= 0.3 is 0 Å². The number of ether oxygens (including phenoxy) is 1. The molecule has 0 atom stereocenters. The third kappa shape index (κ3) is 3.61. The van der Waals surface area contributed by atoms with Crippen LogP contribution in [0, 0.1) is 11.6 Å². The summed E-state index contributed by atoms with van der Waals surface area (Å²) in [5, 5.41) is 0. The zero-order valence-corrected chi connectivity index (χ0v) is 12.5. The average Bonchev–Trinajstić information content (AvgIpc) is 2.55. The van der Waals surface area contributed by atoms with Gasteiger partial charge in [0.05, 0.1) is 7.11 Å². The molecule has 2 aromatic rings. The highest BCUT2D eigenvalue weighted by molar-refractivity contribution is 5.94. The molecule has 0 aliphatic carbocycles. The summed E-state index contributed by atoms with van der Waals surface area (Å²) >= 11 is 0. The van der Waals surface area contributed by atoms with Crippen molar-refractivity contribution in [2.24, 2.45) is 0 Å². The van der Waals surface area contributed by atoms with Crippen LogP contribution in [-0.2, 0) is 6.54 Å². The van der Waals surface area contributed by atoms with E-state index >= 15 is 0 Å². The van der Waals surface area contributed by atoms with Crippen LogP contribution in [0.5, 0.6) is 5.75 Å². The first-order chi connectivity index (χ1) is 10.5. The van der Waals surface area contributed by atoms with Crippen molar-refractivity contribution in [1.82, 2.24) is 4.90 Å². The van der Waals surface area contributed by atoms with Gasteiger partial charge in [0.25, 0.3) is 5.91 Å². The summed E-state index contributed by atoms with van der Waals surface area (Å²) in [6, 6.07) is 10.5.